The molecule has 0 aliphatic heterocycles. The van der Waals surface area contributed by atoms with E-state index in [0.29, 0.717) is 0 Å². The molecular weight excluding hydrogens is 323 g/mol. The number of nitrogens with one attached hydrogen (secondary N) is 1. The fraction of sp³-hybridized carbons (Fsp3) is 0.267. The van der Waals surface area contributed by atoms with Crippen molar-refractivity contribution in [1.82, 2.24) is 10.5 Å². The van der Waals surface area contributed by atoms with Crippen LogP contribution in [-0.4, -0.2) is 41.9 Å². The Balaban J connectivity index is 1.96. The zero-order valence-corrected chi connectivity index (χ0v) is 12.7. The summed E-state index contributed by atoms with van der Waals surface area (Å²) in [5.41, 5.74) is -0.121. The number of rotatable bonds is 8. The highest BCUT2D eigenvalue weighted by Gasteiger charge is 2.22. The van der Waals surface area contributed by atoms with Crippen molar-refractivity contribution in [3.05, 3.63) is 47.6 Å². The number of nitrogens with zero attached hydrogens (tertiary/aromatic N) is 1. The number of carboxylic acids is 1. The highest BCUT2D eigenvalue weighted by molar-refractivity contribution is 5.94. The summed E-state index contributed by atoms with van der Waals surface area (Å²) in [4.78, 5) is 22.9. The molecule has 8 nitrogen and oxygen atoms in total. The van der Waals surface area contributed by atoms with Gasteiger partial charge >= 0.3 is 5.97 Å². The number of amides is 1. The van der Waals surface area contributed by atoms with Crippen molar-refractivity contribution in [3.8, 4) is 5.75 Å². The van der Waals surface area contributed by atoms with E-state index in [9.17, 15) is 14.0 Å². The first-order valence-electron chi connectivity index (χ1n) is 6.86. The van der Waals surface area contributed by atoms with Gasteiger partial charge in [0.1, 0.15) is 6.61 Å². The first-order valence-corrected chi connectivity index (χ1v) is 6.86. The normalized spacial score (nSPS) is 11.8. The van der Waals surface area contributed by atoms with Gasteiger partial charge in [-0.05, 0) is 12.1 Å². The third-order valence-corrected chi connectivity index (χ3v) is 2.93. The molecule has 24 heavy (non-hydrogen) atoms. The van der Waals surface area contributed by atoms with Crippen LogP contribution in [0.1, 0.15) is 16.2 Å². The summed E-state index contributed by atoms with van der Waals surface area (Å²) in [5, 5.41) is 14.7. The molecule has 1 aromatic heterocycles. The summed E-state index contributed by atoms with van der Waals surface area (Å²) in [5.74, 6) is -2.29. The number of aromatic nitrogens is 1. The third-order valence-electron chi connectivity index (χ3n) is 2.93. The standard InChI is InChI=1S/C15H15FN2O6/c1-22-8-12(15(20)21)17-14(19)11-6-9(24-18-11)7-23-13-5-3-2-4-10(13)16/h2-6,12H,7-8H2,1H3,(H,17,19)(H,20,21). The fourth-order valence-electron chi connectivity index (χ4n) is 1.77. The summed E-state index contributed by atoms with van der Waals surface area (Å²) in [7, 11) is 1.32. The first kappa shape index (κ1) is 17.4. The van der Waals surface area contributed by atoms with Gasteiger partial charge < -0.3 is 24.4 Å². The molecule has 1 atom stereocenters. The summed E-state index contributed by atoms with van der Waals surface area (Å²) >= 11 is 0. The average molecular weight is 338 g/mol. The Labute approximate surface area is 136 Å². The zero-order chi connectivity index (χ0) is 17.5. The van der Waals surface area contributed by atoms with E-state index in [1.54, 1.807) is 6.07 Å². The molecule has 0 aliphatic rings. The Kier molecular flexibility index (Phi) is 5.85. The molecule has 0 saturated carbocycles. The van der Waals surface area contributed by atoms with E-state index >= 15 is 0 Å². The predicted octanol–water partition coefficient (Wildman–Crippen LogP) is 1.22. The summed E-state index contributed by atoms with van der Waals surface area (Å²) in [6.07, 6.45) is 0. The van der Waals surface area contributed by atoms with Crippen LogP contribution in [0.25, 0.3) is 0 Å². The molecule has 0 radical (unpaired) electrons. The smallest absolute Gasteiger partial charge is 0.328 e. The molecule has 0 saturated heterocycles. The Morgan fingerprint density at radius 1 is 1.42 bits per heavy atom. The summed E-state index contributed by atoms with van der Waals surface area (Å²) < 4.78 is 28.3. The predicted molar refractivity (Wildman–Crippen MR) is 78.0 cm³/mol. The Morgan fingerprint density at radius 2 is 2.17 bits per heavy atom. The number of carbonyl (C=O) groups is 2. The zero-order valence-electron chi connectivity index (χ0n) is 12.7. The largest absolute Gasteiger partial charge is 0.482 e. The summed E-state index contributed by atoms with van der Waals surface area (Å²) in [6.45, 7) is -0.330. The van der Waals surface area contributed by atoms with Gasteiger partial charge in [0.05, 0.1) is 6.61 Å². The minimum absolute atomic E-state index is 0.0333. The molecule has 128 valence electrons. The molecule has 0 bridgehead atoms. The van der Waals surface area contributed by atoms with Crippen LogP contribution < -0.4 is 10.1 Å². The molecule has 0 spiro atoms. The van der Waals surface area contributed by atoms with Crippen molar-refractivity contribution >= 4 is 11.9 Å². The minimum Gasteiger partial charge on any atom is -0.482 e. The molecule has 0 fully saturated rings. The van der Waals surface area contributed by atoms with Gasteiger partial charge in [0.25, 0.3) is 5.91 Å². The van der Waals surface area contributed by atoms with Gasteiger partial charge in [-0.25, -0.2) is 9.18 Å². The molecule has 0 aliphatic carbocycles. The van der Waals surface area contributed by atoms with Gasteiger partial charge in [-0.2, -0.15) is 0 Å². The number of ether oxygens (including phenoxy) is 2. The van der Waals surface area contributed by atoms with Crippen LogP contribution in [0.3, 0.4) is 0 Å². The van der Waals surface area contributed by atoms with Crippen LogP contribution >= 0.6 is 0 Å². The number of carbonyl (C=O) groups excluding carboxylic acids is 1. The van der Waals surface area contributed by atoms with Gasteiger partial charge in [0.15, 0.2) is 29.1 Å². The molecule has 9 heteroatoms. The lowest BCUT2D eigenvalue weighted by Crippen LogP contribution is -2.43. The quantitative estimate of drug-likeness (QED) is 0.744. The second-order valence-corrected chi connectivity index (χ2v) is 4.72. The lowest BCUT2D eigenvalue weighted by Gasteiger charge is -2.11. The van der Waals surface area contributed by atoms with Gasteiger partial charge in [0, 0.05) is 13.2 Å². The SMILES string of the molecule is COCC(NC(=O)c1cc(COc2ccccc2F)on1)C(=O)O. The van der Waals surface area contributed by atoms with Crippen molar-refractivity contribution < 1.29 is 33.1 Å². The molecule has 1 aromatic carbocycles. The second-order valence-electron chi connectivity index (χ2n) is 4.72. The van der Waals surface area contributed by atoms with E-state index < -0.39 is 23.7 Å². The lowest BCUT2D eigenvalue weighted by atomic mass is 10.3. The van der Waals surface area contributed by atoms with E-state index in [0.717, 1.165) is 0 Å². The maximum atomic E-state index is 13.4. The highest BCUT2D eigenvalue weighted by atomic mass is 19.1. The van der Waals surface area contributed by atoms with Gasteiger partial charge in [-0.15, -0.1) is 0 Å². The highest BCUT2D eigenvalue weighted by Crippen LogP contribution is 2.17. The number of halogens is 1. The van der Waals surface area contributed by atoms with E-state index in [2.05, 4.69) is 10.5 Å². The Bertz CT molecular complexity index is 717. The molecular formula is C15H15FN2O6. The number of aliphatic carboxylic acids is 1. The first-order chi connectivity index (χ1) is 11.5. The van der Waals surface area contributed by atoms with E-state index in [1.807, 2.05) is 0 Å². The van der Waals surface area contributed by atoms with Gasteiger partial charge in [0.2, 0.25) is 0 Å². The van der Waals surface area contributed by atoms with Crippen LogP contribution in [0.4, 0.5) is 4.39 Å². The second kappa shape index (κ2) is 8.06. The van der Waals surface area contributed by atoms with Crippen LogP contribution in [-0.2, 0) is 16.1 Å². The molecule has 1 unspecified atom stereocenters. The van der Waals surface area contributed by atoms with Crippen molar-refractivity contribution in [2.24, 2.45) is 0 Å². The number of hydrogen-bond acceptors (Lipinski definition) is 6. The maximum absolute atomic E-state index is 13.4. The van der Waals surface area contributed by atoms with Crippen molar-refractivity contribution in [2.75, 3.05) is 13.7 Å². The number of benzene rings is 1. The summed E-state index contributed by atoms with van der Waals surface area (Å²) in [6, 6.07) is 5.90. The molecule has 2 rings (SSSR count). The molecule has 2 aromatic rings. The number of hydrogen-bond donors (Lipinski definition) is 2. The molecule has 1 heterocycles. The van der Waals surface area contributed by atoms with E-state index in [1.165, 1.54) is 31.4 Å². The van der Waals surface area contributed by atoms with Gasteiger partial charge in [-0.3, -0.25) is 4.79 Å². The molecule has 1 amide bonds. The van der Waals surface area contributed by atoms with Crippen LogP contribution in [0.15, 0.2) is 34.9 Å². The van der Waals surface area contributed by atoms with Gasteiger partial charge in [-0.1, -0.05) is 17.3 Å². The molecule has 2 N–H and O–H groups in total. The maximum Gasteiger partial charge on any atom is 0.328 e. The number of para-hydroxylation sites is 1. The van der Waals surface area contributed by atoms with Crippen LogP contribution in [0.5, 0.6) is 5.75 Å². The minimum atomic E-state index is -1.24. The van der Waals surface area contributed by atoms with E-state index in [4.69, 9.17) is 19.1 Å². The Hall–Kier alpha value is -2.94. The van der Waals surface area contributed by atoms with Crippen molar-refractivity contribution in [1.29, 1.82) is 0 Å². The van der Waals surface area contributed by atoms with Crippen LogP contribution in [0.2, 0.25) is 0 Å². The fourth-order valence-corrected chi connectivity index (χ4v) is 1.77. The monoisotopic (exact) mass is 338 g/mol. The lowest BCUT2D eigenvalue weighted by molar-refractivity contribution is -0.140. The average Bonchev–Trinajstić information content (AvgIpc) is 3.02. The van der Waals surface area contributed by atoms with E-state index in [-0.39, 0.29) is 30.4 Å². The third kappa shape index (κ3) is 4.53. The Morgan fingerprint density at radius 3 is 2.83 bits per heavy atom. The number of carboxylic acid groups (broad SMARTS) is 1. The number of methoxy groups -OCH3 is 1. The van der Waals surface area contributed by atoms with Crippen molar-refractivity contribution in [2.45, 2.75) is 12.6 Å². The van der Waals surface area contributed by atoms with Crippen LogP contribution in [0, 0.1) is 5.82 Å². The van der Waals surface area contributed by atoms with Crippen molar-refractivity contribution in [3.63, 3.8) is 0 Å². The topological polar surface area (TPSA) is 111 Å².